The van der Waals surface area contributed by atoms with Crippen LogP contribution in [-0.4, -0.2) is 36.5 Å². The van der Waals surface area contributed by atoms with Crippen LogP contribution in [0, 0.1) is 12.3 Å². The van der Waals surface area contributed by atoms with Crippen LogP contribution >= 0.6 is 0 Å². The molecule has 0 aliphatic heterocycles. The standard InChI is InChI=1S/C11H12N5O3.Y/c1-6-3-4-7(6)19-10(17)8-9-13-14-15(2)11(18)16(9)5-12-8;/h4-7H,3H2,1-2H3;/q-1;. The monoisotopic (exact) mass is 351 g/mol. The van der Waals surface area contributed by atoms with Gasteiger partial charge in [-0.25, -0.2) is 19.0 Å². The average Bonchev–Trinajstić information content (AvgIpc) is 2.83. The Hall–Kier alpha value is -1.15. The molecule has 0 aromatic carbocycles. The zero-order chi connectivity index (χ0) is 13.6. The van der Waals surface area contributed by atoms with Crippen LogP contribution in [0.1, 0.15) is 23.8 Å². The number of imidazole rings is 1. The largest absolute Gasteiger partial charge is 0.490 e. The van der Waals surface area contributed by atoms with Crippen molar-refractivity contribution in [3.8, 4) is 0 Å². The number of fused-ring (bicyclic) bond motifs is 1. The Morgan fingerprint density at radius 1 is 1.55 bits per heavy atom. The van der Waals surface area contributed by atoms with Crippen molar-refractivity contribution < 1.29 is 42.2 Å². The predicted molar refractivity (Wildman–Crippen MR) is 63.3 cm³/mol. The third-order valence-corrected chi connectivity index (χ3v) is 3.24. The molecular weight excluding hydrogens is 339 g/mol. The Morgan fingerprint density at radius 3 is 2.90 bits per heavy atom. The molecule has 1 saturated carbocycles. The Bertz CT molecular complexity index is 710. The molecule has 0 spiro atoms. The normalized spacial score (nSPS) is 21.1. The number of rotatable bonds is 2. The van der Waals surface area contributed by atoms with Crippen molar-refractivity contribution in [3.05, 3.63) is 28.9 Å². The molecule has 1 aliphatic rings. The van der Waals surface area contributed by atoms with Crippen LogP contribution < -0.4 is 5.69 Å². The molecule has 1 fully saturated rings. The van der Waals surface area contributed by atoms with Gasteiger partial charge in [0.25, 0.3) is 0 Å². The van der Waals surface area contributed by atoms with Gasteiger partial charge in [-0.15, -0.1) is 5.10 Å². The molecule has 1 radical (unpaired) electrons. The number of hydrogen-bond acceptors (Lipinski definition) is 6. The van der Waals surface area contributed by atoms with Crippen molar-refractivity contribution in [1.29, 1.82) is 0 Å². The van der Waals surface area contributed by atoms with E-state index in [4.69, 9.17) is 4.74 Å². The van der Waals surface area contributed by atoms with E-state index < -0.39 is 11.7 Å². The SMILES string of the molecule is CC1C[CH-]C1OC(=O)c1ncn2c(=O)n(C)nnc12.[Y]. The van der Waals surface area contributed by atoms with E-state index in [1.807, 2.05) is 13.3 Å². The summed E-state index contributed by atoms with van der Waals surface area (Å²) in [4.78, 5) is 27.6. The van der Waals surface area contributed by atoms with Gasteiger partial charge in [-0.05, 0) is 6.10 Å². The number of esters is 1. The minimum absolute atomic E-state index is 0. The fourth-order valence-corrected chi connectivity index (χ4v) is 1.89. The van der Waals surface area contributed by atoms with Gasteiger partial charge in [0.15, 0.2) is 11.3 Å². The molecule has 3 rings (SSSR count). The summed E-state index contributed by atoms with van der Waals surface area (Å²) in [6.07, 6.45) is 3.91. The van der Waals surface area contributed by atoms with Crippen LogP contribution in [0.5, 0.6) is 0 Å². The van der Waals surface area contributed by atoms with Crippen LogP contribution in [0.4, 0.5) is 0 Å². The van der Waals surface area contributed by atoms with Gasteiger partial charge >= 0.3 is 11.7 Å². The molecular formula is C11H12N5O3Y-. The molecule has 103 valence electrons. The second-order valence-electron chi connectivity index (χ2n) is 4.60. The van der Waals surface area contributed by atoms with E-state index in [9.17, 15) is 9.59 Å². The maximum atomic E-state index is 12.0. The van der Waals surface area contributed by atoms with E-state index in [-0.39, 0.29) is 50.2 Å². The van der Waals surface area contributed by atoms with Gasteiger partial charge in [0, 0.05) is 39.8 Å². The third-order valence-electron chi connectivity index (χ3n) is 3.24. The zero-order valence-electron chi connectivity index (χ0n) is 11.1. The molecule has 2 atom stereocenters. The van der Waals surface area contributed by atoms with Crippen LogP contribution in [0.3, 0.4) is 0 Å². The molecule has 0 saturated heterocycles. The first kappa shape index (κ1) is 15.2. The molecule has 0 N–H and O–H groups in total. The molecule has 9 heteroatoms. The van der Waals surface area contributed by atoms with Crippen molar-refractivity contribution in [2.24, 2.45) is 13.0 Å². The first-order valence-electron chi connectivity index (χ1n) is 5.89. The van der Waals surface area contributed by atoms with Crippen molar-refractivity contribution >= 4 is 11.6 Å². The summed E-state index contributed by atoms with van der Waals surface area (Å²) < 4.78 is 7.50. The van der Waals surface area contributed by atoms with E-state index in [0.29, 0.717) is 5.92 Å². The average molecular weight is 351 g/mol. The quantitative estimate of drug-likeness (QED) is 0.540. The molecule has 2 heterocycles. The summed E-state index contributed by atoms with van der Waals surface area (Å²) in [6.45, 7) is 2.00. The van der Waals surface area contributed by atoms with Gasteiger partial charge in [0.2, 0.25) is 0 Å². The summed E-state index contributed by atoms with van der Waals surface area (Å²) in [7, 11) is 1.47. The van der Waals surface area contributed by atoms with Crippen molar-refractivity contribution in [2.75, 3.05) is 0 Å². The fourth-order valence-electron chi connectivity index (χ4n) is 1.89. The molecule has 0 amide bonds. The smallest absolute Gasteiger partial charge is 0.358 e. The molecule has 0 bridgehead atoms. The van der Waals surface area contributed by atoms with Gasteiger partial charge in [-0.1, -0.05) is 18.1 Å². The van der Waals surface area contributed by atoms with Gasteiger partial charge in [0.1, 0.15) is 6.33 Å². The summed E-state index contributed by atoms with van der Waals surface area (Å²) in [6, 6.07) is 0. The number of hydrogen-bond donors (Lipinski definition) is 0. The van der Waals surface area contributed by atoms with Crippen LogP contribution in [0.2, 0.25) is 0 Å². The molecule has 8 nitrogen and oxygen atoms in total. The minimum Gasteiger partial charge on any atom is -0.490 e. The maximum absolute atomic E-state index is 12.0. The van der Waals surface area contributed by atoms with Crippen molar-refractivity contribution in [1.82, 2.24) is 24.4 Å². The Kier molecular flexibility index (Phi) is 4.34. The van der Waals surface area contributed by atoms with Crippen LogP contribution in [0.15, 0.2) is 11.1 Å². The van der Waals surface area contributed by atoms with Gasteiger partial charge in [-0.2, -0.15) is 11.1 Å². The van der Waals surface area contributed by atoms with Gasteiger partial charge in [0.05, 0.1) is 0 Å². The number of carbonyl (C=O) groups excluding carboxylic acids is 1. The summed E-state index contributed by atoms with van der Waals surface area (Å²) in [5, 5.41) is 7.42. The first-order valence-corrected chi connectivity index (χ1v) is 5.89. The zero-order valence-corrected chi connectivity index (χ0v) is 13.9. The Balaban J connectivity index is 0.00000147. The summed E-state index contributed by atoms with van der Waals surface area (Å²) >= 11 is 0. The van der Waals surface area contributed by atoms with Crippen LogP contribution in [0.25, 0.3) is 5.65 Å². The minimum atomic E-state index is -0.585. The topological polar surface area (TPSA) is 91.4 Å². The predicted octanol–water partition coefficient (Wildman–Crippen LogP) is -0.410. The second kappa shape index (κ2) is 5.69. The van der Waals surface area contributed by atoms with Gasteiger partial charge < -0.3 is 4.74 Å². The van der Waals surface area contributed by atoms with E-state index in [1.54, 1.807) is 0 Å². The second-order valence-corrected chi connectivity index (χ2v) is 4.60. The van der Waals surface area contributed by atoms with E-state index in [0.717, 1.165) is 15.5 Å². The first-order chi connectivity index (χ1) is 9.08. The number of aromatic nitrogens is 5. The summed E-state index contributed by atoms with van der Waals surface area (Å²) in [5.41, 5.74) is -0.294. The number of carbonyl (C=O) groups is 1. The van der Waals surface area contributed by atoms with Crippen molar-refractivity contribution in [3.63, 3.8) is 0 Å². The molecule has 2 aromatic rings. The molecule has 2 unspecified atom stereocenters. The van der Waals surface area contributed by atoms with E-state index >= 15 is 0 Å². The van der Waals surface area contributed by atoms with E-state index in [1.165, 1.54) is 13.4 Å². The Morgan fingerprint density at radius 2 is 2.30 bits per heavy atom. The number of nitrogens with zero attached hydrogens (tertiary/aromatic N) is 5. The number of aryl methyl sites for hydroxylation is 1. The van der Waals surface area contributed by atoms with Gasteiger partial charge in [-0.3, -0.25) is 6.42 Å². The molecule has 2 aromatic heterocycles. The summed E-state index contributed by atoms with van der Waals surface area (Å²) in [5.74, 6) is -0.269. The van der Waals surface area contributed by atoms with Crippen LogP contribution in [-0.2, 0) is 44.5 Å². The maximum Gasteiger partial charge on any atom is 0.358 e. The van der Waals surface area contributed by atoms with Crippen molar-refractivity contribution in [2.45, 2.75) is 19.4 Å². The van der Waals surface area contributed by atoms with E-state index in [2.05, 4.69) is 15.3 Å². The Labute approximate surface area is 139 Å². The fraction of sp³-hybridized carbons (Fsp3) is 0.455. The molecule has 1 aliphatic carbocycles. The number of ether oxygens (including phenoxy) is 1. The third kappa shape index (κ3) is 2.42. The molecule has 20 heavy (non-hydrogen) atoms.